The molecule has 0 rings (SSSR count). The van der Waals surface area contributed by atoms with Crippen LogP contribution in [0.1, 0.15) is 27.7 Å². The average Bonchev–Trinajstić information content (AvgIpc) is 2.04. The van der Waals surface area contributed by atoms with Gasteiger partial charge in [0.05, 0.1) is 6.04 Å². The van der Waals surface area contributed by atoms with Crippen LogP contribution >= 0.6 is 0 Å². The monoisotopic (exact) mass is 186 g/mol. The number of rotatable bonds is 6. The van der Waals surface area contributed by atoms with Crippen LogP contribution < -0.4 is 11.1 Å². The third kappa shape index (κ3) is 5.01. The zero-order chi connectivity index (χ0) is 10.4. The largest absolute Gasteiger partial charge is 0.328 e. The van der Waals surface area contributed by atoms with Crippen molar-refractivity contribution >= 4 is 5.78 Å². The molecule has 0 aliphatic heterocycles. The maximum absolute atomic E-state index is 11.5. The van der Waals surface area contributed by atoms with Gasteiger partial charge < -0.3 is 11.1 Å². The van der Waals surface area contributed by atoms with Gasteiger partial charge in [-0.1, -0.05) is 27.7 Å². The van der Waals surface area contributed by atoms with E-state index in [4.69, 9.17) is 5.73 Å². The van der Waals surface area contributed by atoms with E-state index in [0.717, 1.165) is 6.54 Å². The second-order valence-corrected chi connectivity index (χ2v) is 4.15. The van der Waals surface area contributed by atoms with Crippen molar-refractivity contribution in [3.8, 4) is 0 Å². The fourth-order valence-electron chi connectivity index (χ4n) is 1.08. The minimum Gasteiger partial charge on any atom is -0.328 e. The lowest BCUT2D eigenvalue weighted by molar-refractivity contribution is -0.123. The van der Waals surface area contributed by atoms with E-state index < -0.39 is 0 Å². The summed E-state index contributed by atoms with van der Waals surface area (Å²) in [6.07, 6.45) is 0. The van der Waals surface area contributed by atoms with Gasteiger partial charge in [0, 0.05) is 12.5 Å². The van der Waals surface area contributed by atoms with E-state index in [0.29, 0.717) is 12.5 Å². The van der Waals surface area contributed by atoms with Crippen LogP contribution in [0.15, 0.2) is 0 Å². The van der Waals surface area contributed by atoms with E-state index >= 15 is 0 Å². The van der Waals surface area contributed by atoms with Gasteiger partial charge >= 0.3 is 0 Å². The first-order chi connectivity index (χ1) is 5.99. The van der Waals surface area contributed by atoms with E-state index in [1.54, 1.807) is 0 Å². The van der Waals surface area contributed by atoms with Crippen LogP contribution in [0.4, 0.5) is 0 Å². The van der Waals surface area contributed by atoms with Gasteiger partial charge in [0.25, 0.3) is 0 Å². The number of nitrogens with one attached hydrogen (secondary N) is 1. The SMILES string of the molecule is CC(C)CN[C@@H](CN)C(=O)C(C)C. The van der Waals surface area contributed by atoms with Crippen molar-refractivity contribution in [2.75, 3.05) is 13.1 Å². The molecule has 0 aromatic rings. The Kier molecular flexibility index (Phi) is 5.91. The van der Waals surface area contributed by atoms with E-state index in [9.17, 15) is 4.79 Å². The summed E-state index contributed by atoms with van der Waals surface area (Å²) in [7, 11) is 0. The predicted molar refractivity (Wildman–Crippen MR) is 55.5 cm³/mol. The van der Waals surface area contributed by atoms with Crippen molar-refractivity contribution in [1.82, 2.24) is 5.32 Å². The fraction of sp³-hybridized carbons (Fsp3) is 0.900. The van der Waals surface area contributed by atoms with Crippen molar-refractivity contribution < 1.29 is 4.79 Å². The van der Waals surface area contributed by atoms with Gasteiger partial charge in [-0.2, -0.15) is 0 Å². The number of nitrogens with two attached hydrogens (primary N) is 1. The number of ketones is 1. The molecular formula is C10H22N2O. The highest BCUT2D eigenvalue weighted by atomic mass is 16.1. The van der Waals surface area contributed by atoms with Crippen LogP contribution in [0.2, 0.25) is 0 Å². The molecule has 0 aliphatic rings. The van der Waals surface area contributed by atoms with Crippen LogP contribution in [0, 0.1) is 11.8 Å². The maximum Gasteiger partial charge on any atom is 0.153 e. The molecule has 0 aliphatic carbocycles. The molecule has 3 nitrogen and oxygen atoms in total. The van der Waals surface area contributed by atoms with E-state index in [1.807, 2.05) is 13.8 Å². The lowest BCUT2D eigenvalue weighted by atomic mass is 10.0. The van der Waals surface area contributed by atoms with Crippen LogP contribution in [-0.4, -0.2) is 24.9 Å². The number of hydrogen-bond acceptors (Lipinski definition) is 3. The van der Waals surface area contributed by atoms with Crippen LogP contribution in [0.3, 0.4) is 0 Å². The van der Waals surface area contributed by atoms with Crippen LogP contribution in [0.5, 0.6) is 0 Å². The molecule has 0 amide bonds. The molecule has 0 fully saturated rings. The summed E-state index contributed by atoms with van der Waals surface area (Å²) < 4.78 is 0. The topological polar surface area (TPSA) is 55.1 Å². The maximum atomic E-state index is 11.5. The van der Waals surface area contributed by atoms with Gasteiger partial charge in [0.2, 0.25) is 0 Å². The van der Waals surface area contributed by atoms with Crippen molar-refractivity contribution in [3.05, 3.63) is 0 Å². The van der Waals surface area contributed by atoms with E-state index in [-0.39, 0.29) is 17.7 Å². The van der Waals surface area contributed by atoms with E-state index in [2.05, 4.69) is 19.2 Å². The second kappa shape index (κ2) is 6.11. The molecule has 0 bridgehead atoms. The molecule has 0 spiro atoms. The summed E-state index contributed by atoms with van der Waals surface area (Å²) in [6.45, 7) is 9.27. The zero-order valence-corrected chi connectivity index (χ0v) is 9.13. The second-order valence-electron chi connectivity index (χ2n) is 4.15. The van der Waals surface area contributed by atoms with Gasteiger partial charge in [0.1, 0.15) is 0 Å². The lowest BCUT2D eigenvalue weighted by Crippen LogP contribution is -2.45. The summed E-state index contributed by atoms with van der Waals surface area (Å²) in [5.41, 5.74) is 5.51. The smallest absolute Gasteiger partial charge is 0.153 e. The van der Waals surface area contributed by atoms with Crippen LogP contribution in [-0.2, 0) is 4.79 Å². The molecule has 0 saturated heterocycles. The quantitative estimate of drug-likeness (QED) is 0.644. The summed E-state index contributed by atoms with van der Waals surface area (Å²) in [4.78, 5) is 11.5. The first-order valence-corrected chi connectivity index (χ1v) is 4.96. The molecule has 1 atom stereocenters. The Morgan fingerprint density at radius 3 is 2.15 bits per heavy atom. The highest BCUT2D eigenvalue weighted by Crippen LogP contribution is 1.99. The molecule has 0 radical (unpaired) electrons. The highest BCUT2D eigenvalue weighted by molar-refractivity contribution is 5.85. The Bertz CT molecular complexity index is 155. The van der Waals surface area contributed by atoms with Gasteiger partial charge in [-0.05, 0) is 12.5 Å². The van der Waals surface area contributed by atoms with Crippen molar-refractivity contribution in [1.29, 1.82) is 0 Å². The first-order valence-electron chi connectivity index (χ1n) is 4.96. The molecule has 0 aromatic carbocycles. The molecule has 13 heavy (non-hydrogen) atoms. The van der Waals surface area contributed by atoms with Crippen molar-refractivity contribution in [2.24, 2.45) is 17.6 Å². The molecule has 3 N–H and O–H groups in total. The molecule has 78 valence electrons. The number of carbonyl (C=O) groups excluding carboxylic acids is 1. The summed E-state index contributed by atoms with van der Waals surface area (Å²) in [5, 5.41) is 3.18. The third-order valence-electron chi connectivity index (χ3n) is 1.92. The minimum absolute atomic E-state index is 0.0632. The Morgan fingerprint density at radius 2 is 1.85 bits per heavy atom. The minimum atomic E-state index is -0.164. The molecule has 0 aromatic heterocycles. The molecule has 0 saturated carbocycles. The predicted octanol–water partition coefficient (Wildman–Crippen LogP) is 0.784. The normalized spacial score (nSPS) is 13.8. The molecule has 0 unspecified atom stereocenters. The Labute approximate surface area is 81.1 Å². The molecular weight excluding hydrogens is 164 g/mol. The fourth-order valence-corrected chi connectivity index (χ4v) is 1.08. The summed E-state index contributed by atoms with van der Waals surface area (Å²) in [5.74, 6) is 0.824. The first kappa shape index (κ1) is 12.6. The van der Waals surface area contributed by atoms with Gasteiger partial charge in [0.15, 0.2) is 5.78 Å². The summed E-state index contributed by atoms with van der Waals surface area (Å²) >= 11 is 0. The Balaban J connectivity index is 3.95. The highest BCUT2D eigenvalue weighted by Gasteiger charge is 2.18. The summed E-state index contributed by atoms with van der Waals surface area (Å²) in [6, 6.07) is -0.164. The number of Topliss-reactive ketones (excluding diaryl/α,β-unsaturated/α-hetero) is 1. The van der Waals surface area contributed by atoms with Gasteiger partial charge in [-0.15, -0.1) is 0 Å². The standard InChI is InChI=1S/C10H22N2O/c1-7(2)6-12-9(5-11)10(13)8(3)4/h7-9,12H,5-6,11H2,1-4H3/t9-/m0/s1. The van der Waals surface area contributed by atoms with Gasteiger partial charge in [-0.25, -0.2) is 0 Å². The van der Waals surface area contributed by atoms with Gasteiger partial charge in [-0.3, -0.25) is 4.79 Å². The Hall–Kier alpha value is -0.410. The average molecular weight is 186 g/mol. The van der Waals surface area contributed by atoms with Crippen molar-refractivity contribution in [2.45, 2.75) is 33.7 Å². The number of carbonyl (C=O) groups is 1. The third-order valence-corrected chi connectivity index (χ3v) is 1.92. The molecule has 0 heterocycles. The van der Waals surface area contributed by atoms with Crippen LogP contribution in [0.25, 0.3) is 0 Å². The van der Waals surface area contributed by atoms with Crippen molar-refractivity contribution in [3.63, 3.8) is 0 Å². The number of hydrogen-bond donors (Lipinski definition) is 2. The molecule has 3 heteroatoms. The Morgan fingerprint density at radius 1 is 1.31 bits per heavy atom. The zero-order valence-electron chi connectivity index (χ0n) is 9.13. The van der Waals surface area contributed by atoms with E-state index in [1.165, 1.54) is 0 Å². The lowest BCUT2D eigenvalue weighted by Gasteiger charge is -2.18.